The van der Waals surface area contributed by atoms with Crippen LogP contribution in [0.1, 0.15) is 0 Å². The second-order valence-electron chi connectivity index (χ2n) is 0.730. The van der Waals surface area contributed by atoms with Gasteiger partial charge in [-0.2, -0.15) is 0 Å². The molecule has 5 N–H and O–H groups in total. The fourth-order valence-electron chi connectivity index (χ4n) is 0. The summed E-state index contributed by atoms with van der Waals surface area (Å²) in [6, 6.07) is 0. The van der Waals surface area contributed by atoms with Crippen LogP contribution in [0.25, 0.3) is 0 Å². The van der Waals surface area contributed by atoms with E-state index in [4.69, 9.17) is 45.7 Å². The Morgan fingerprint density at radius 3 is 0.867 bits per heavy atom. The Morgan fingerprint density at radius 2 is 0.867 bits per heavy atom. The maximum Gasteiger partial charge on any atom is 1.00 e. The van der Waals surface area contributed by atoms with Gasteiger partial charge in [-0.1, -0.05) is 0 Å². The van der Waals surface area contributed by atoms with E-state index in [1.54, 1.807) is 0 Å². The predicted octanol–water partition coefficient (Wildman–Crippen LogP) is -6.09. The zero-order valence-electron chi connectivity index (χ0n) is 7.85. The molecule has 0 aromatic rings. The van der Waals surface area contributed by atoms with Crippen LogP contribution in [0, 0.1) is 30.6 Å². The number of hydrogen-bond donors (Lipinski definition) is 3. The number of rotatable bonds is 0. The average molecular weight is 249 g/mol. The molecule has 14 heteroatoms. The summed E-state index contributed by atoms with van der Waals surface area (Å²) in [5, 5.41) is 43.4. The molecule has 15 heavy (non-hydrogen) atoms. The Morgan fingerprint density at radius 1 is 0.867 bits per heavy atom. The Kier molecular flexibility index (Phi) is 71.0. The van der Waals surface area contributed by atoms with Crippen LogP contribution >= 0.6 is 0 Å². The molecule has 0 unspecified atom stereocenters. The summed E-state index contributed by atoms with van der Waals surface area (Å²) in [4.78, 5) is 25.1. The summed E-state index contributed by atoms with van der Waals surface area (Å²) < 4.78 is 0. The molecule has 0 saturated heterocycles. The van der Waals surface area contributed by atoms with Crippen LogP contribution in [-0.2, 0) is 0 Å². The Hall–Kier alpha value is -0.370. The summed E-state index contributed by atoms with van der Waals surface area (Å²) in [5.74, 6) is 0. The van der Waals surface area contributed by atoms with Crippen LogP contribution in [0.15, 0.2) is 0 Å². The van der Waals surface area contributed by atoms with E-state index in [9.17, 15) is 0 Å². The van der Waals surface area contributed by atoms with E-state index in [0.717, 1.165) is 0 Å². The third-order valence-electron chi connectivity index (χ3n) is 0. The molecule has 0 saturated carbocycles. The minimum absolute atomic E-state index is 0. The van der Waals surface area contributed by atoms with Gasteiger partial charge in [0, 0.05) is 0 Å². The molecule has 0 aromatic carbocycles. The zero-order chi connectivity index (χ0) is 10.7. The van der Waals surface area contributed by atoms with Crippen molar-refractivity contribution < 1.29 is 84.3 Å². The number of hydrogen-bond acceptors (Lipinski definition) is 8. The standard InChI is InChI=1S/CH2O3.2NO3.H3N.2Na/c3*2-1(3)4;;;/h(H2,2,3,4);;;1H3;;/q;2*-1;;2*+1. The molecule has 80 valence electrons. The predicted molar refractivity (Wildman–Crippen MR) is 36.4 cm³/mol. The third kappa shape index (κ3) is 13500. The van der Waals surface area contributed by atoms with Gasteiger partial charge in [0.1, 0.15) is 0 Å². The topological polar surface area (TPSA) is 225 Å². The molecule has 0 atom stereocenters. The van der Waals surface area contributed by atoms with Gasteiger partial charge >= 0.3 is 65.3 Å². The van der Waals surface area contributed by atoms with Gasteiger partial charge in [0.15, 0.2) is 0 Å². The summed E-state index contributed by atoms with van der Waals surface area (Å²) in [7, 11) is 0. The van der Waals surface area contributed by atoms with Crippen LogP contribution in [0.5, 0.6) is 0 Å². The fourth-order valence-corrected chi connectivity index (χ4v) is 0. The van der Waals surface area contributed by atoms with Crippen molar-refractivity contribution in [2.75, 3.05) is 0 Å². The average Bonchev–Trinajstić information content (AvgIpc) is 1.54. The van der Waals surface area contributed by atoms with E-state index in [-0.39, 0.29) is 65.3 Å². The van der Waals surface area contributed by atoms with Gasteiger partial charge in [-0.05, 0) is 0 Å². The van der Waals surface area contributed by atoms with E-state index in [0.29, 0.717) is 0 Å². The van der Waals surface area contributed by atoms with Crippen LogP contribution < -0.4 is 65.3 Å². The van der Waals surface area contributed by atoms with Crippen LogP contribution in [-0.4, -0.2) is 26.5 Å². The van der Waals surface area contributed by atoms with Crippen molar-refractivity contribution in [3.8, 4) is 0 Å². The van der Waals surface area contributed by atoms with Crippen molar-refractivity contribution >= 4 is 6.16 Å². The Balaban J connectivity index is -0.0000000184. The van der Waals surface area contributed by atoms with Crippen LogP contribution in [0.2, 0.25) is 0 Å². The summed E-state index contributed by atoms with van der Waals surface area (Å²) in [5.41, 5.74) is 0. The molecule has 0 aromatic heterocycles. The number of carbonyl (C=O) groups is 1. The normalized spacial score (nSPS) is 4.80. The third-order valence-corrected chi connectivity index (χ3v) is 0. The largest absolute Gasteiger partial charge is 1.00 e. The van der Waals surface area contributed by atoms with E-state index < -0.39 is 16.3 Å². The van der Waals surface area contributed by atoms with Gasteiger partial charge in [-0.15, -0.1) is 0 Å². The SMILES string of the molecule is N.O=C(O)O.O=[N+]([O-])[O-].O=[N+]([O-])[O-].[Na+].[Na+]. The monoisotopic (exact) mass is 249 g/mol. The van der Waals surface area contributed by atoms with Crippen molar-refractivity contribution in [3.05, 3.63) is 30.6 Å². The van der Waals surface area contributed by atoms with Gasteiger partial charge in [0.25, 0.3) is 0 Å². The zero-order valence-corrected chi connectivity index (χ0v) is 11.9. The molecule has 0 spiro atoms. The van der Waals surface area contributed by atoms with Crippen LogP contribution in [0.3, 0.4) is 0 Å². The van der Waals surface area contributed by atoms with E-state index in [2.05, 4.69) is 0 Å². The van der Waals surface area contributed by atoms with Crippen molar-refractivity contribution in [2.24, 2.45) is 0 Å². The quantitative estimate of drug-likeness (QED) is 0.209. The summed E-state index contributed by atoms with van der Waals surface area (Å²) >= 11 is 0. The van der Waals surface area contributed by atoms with Crippen molar-refractivity contribution in [1.29, 1.82) is 0 Å². The van der Waals surface area contributed by atoms with Gasteiger partial charge in [0.2, 0.25) is 0 Å². The first kappa shape index (κ1) is 36.5. The Bertz CT molecular complexity index is 121. The van der Waals surface area contributed by atoms with E-state index in [1.165, 1.54) is 0 Å². The molecule has 0 radical (unpaired) electrons. The first-order valence-corrected chi connectivity index (χ1v) is 1.75. The van der Waals surface area contributed by atoms with Gasteiger partial charge in [-0.25, -0.2) is 4.79 Å². The first-order chi connectivity index (χ1) is 5.20. The number of carboxylic acid groups (broad SMARTS) is 2. The molecule has 0 aliphatic carbocycles. The van der Waals surface area contributed by atoms with Crippen molar-refractivity contribution in [3.63, 3.8) is 0 Å². The van der Waals surface area contributed by atoms with Crippen molar-refractivity contribution in [1.82, 2.24) is 6.15 Å². The maximum absolute atomic E-state index is 8.56. The molecule has 0 fully saturated rings. The molecule has 0 bridgehead atoms. The van der Waals surface area contributed by atoms with Gasteiger partial charge < -0.3 is 47.0 Å². The second kappa shape index (κ2) is 29.2. The second-order valence-corrected chi connectivity index (χ2v) is 0.730. The summed E-state index contributed by atoms with van der Waals surface area (Å²) in [6.45, 7) is 0. The molecule has 0 aliphatic rings. The van der Waals surface area contributed by atoms with Gasteiger partial charge in [-0.3, -0.25) is 0 Å². The summed E-state index contributed by atoms with van der Waals surface area (Å²) in [6.07, 6.45) is -1.83. The number of nitrogens with zero attached hydrogens (tertiary/aromatic N) is 2. The molecule has 0 aliphatic heterocycles. The van der Waals surface area contributed by atoms with E-state index >= 15 is 0 Å². The molecule has 12 nitrogen and oxygen atoms in total. The van der Waals surface area contributed by atoms with E-state index in [1.807, 2.05) is 0 Å². The maximum atomic E-state index is 8.56. The molecular weight excluding hydrogens is 244 g/mol. The minimum Gasteiger partial charge on any atom is -0.450 e. The molecule has 0 amide bonds. The van der Waals surface area contributed by atoms with Crippen molar-refractivity contribution in [2.45, 2.75) is 0 Å². The minimum atomic E-state index is -1.83. The Labute approximate surface area is 126 Å². The molecule has 0 heterocycles. The molecular formula is CH5N3Na2O9. The fraction of sp³-hybridized carbons (Fsp3) is 0. The first-order valence-electron chi connectivity index (χ1n) is 1.75. The smallest absolute Gasteiger partial charge is 0.450 e. The van der Waals surface area contributed by atoms with Gasteiger partial charge in [0.05, 0.1) is 10.2 Å². The van der Waals surface area contributed by atoms with Crippen LogP contribution in [0.4, 0.5) is 4.79 Å². The molecule has 0 rings (SSSR count).